The molecule has 136 valence electrons. The van der Waals surface area contributed by atoms with Gasteiger partial charge in [-0.05, 0) is 37.5 Å². The van der Waals surface area contributed by atoms with Gasteiger partial charge in [-0.2, -0.15) is 4.31 Å². The molecule has 10 heteroatoms. The first-order valence-corrected chi connectivity index (χ1v) is 10.8. The van der Waals surface area contributed by atoms with Gasteiger partial charge >= 0.3 is 0 Å². The van der Waals surface area contributed by atoms with E-state index in [1.165, 1.54) is 10.4 Å². The Kier molecular flexibility index (Phi) is 5.84. The third kappa shape index (κ3) is 4.05. The largest absolute Gasteiger partial charge is 0.329 e. The molecule has 0 bridgehead atoms. The molecule has 1 fully saturated rings. The Bertz CT molecular complexity index is 796. The van der Waals surface area contributed by atoms with Gasteiger partial charge in [-0.25, -0.2) is 21.2 Å². The van der Waals surface area contributed by atoms with E-state index < -0.39 is 25.9 Å². The van der Waals surface area contributed by atoms with E-state index in [0.717, 1.165) is 12.1 Å². The summed E-state index contributed by atoms with van der Waals surface area (Å²) in [5.41, 5.74) is 5.33. The molecule has 1 atom stereocenters. The van der Waals surface area contributed by atoms with Crippen molar-refractivity contribution in [3.8, 4) is 0 Å². The summed E-state index contributed by atoms with van der Waals surface area (Å²) in [6.45, 7) is 2.24. The molecule has 1 aliphatic rings. The molecule has 1 unspecified atom stereocenters. The van der Waals surface area contributed by atoms with Crippen LogP contribution in [0.1, 0.15) is 26.2 Å². The molecule has 24 heavy (non-hydrogen) atoms. The Balaban J connectivity index is 2.29. The number of rotatable bonds is 7. The van der Waals surface area contributed by atoms with Crippen LogP contribution >= 0.6 is 0 Å². The zero-order valence-corrected chi connectivity index (χ0v) is 15.0. The van der Waals surface area contributed by atoms with Crippen LogP contribution in [-0.4, -0.2) is 46.0 Å². The molecule has 0 aromatic heterocycles. The molecule has 0 spiro atoms. The van der Waals surface area contributed by atoms with E-state index in [9.17, 15) is 21.2 Å². The van der Waals surface area contributed by atoms with Gasteiger partial charge in [0.25, 0.3) is 0 Å². The lowest BCUT2D eigenvalue weighted by Gasteiger charge is -2.23. The second kappa shape index (κ2) is 7.34. The summed E-state index contributed by atoms with van der Waals surface area (Å²) in [4.78, 5) is -0.209. The van der Waals surface area contributed by atoms with Crippen molar-refractivity contribution in [3.63, 3.8) is 0 Å². The molecule has 1 saturated heterocycles. The predicted molar refractivity (Wildman–Crippen MR) is 90.1 cm³/mol. The monoisotopic (exact) mass is 379 g/mol. The minimum absolute atomic E-state index is 0.140. The average molecular weight is 379 g/mol. The van der Waals surface area contributed by atoms with Crippen LogP contribution in [0.5, 0.6) is 0 Å². The lowest BCUT2D eigenvalue weighted by molar-refractivity contribution is 0.393. The summed E-state index contributed by atoms with van der Waals surface area (Å²) in [5, 5.41) is 0. The summed E-state index contributed by atoms with van der Waals surface area (Å²) in [6.07, 6.45) is 1.77. The van der Waals surface area contributed by atoms with Crippen LogP contribution in [0.3, 0.4) is 0 Å². The third-order valence-electron chi connectivity index (χ3n) is 3.88. The number of hydrogen-bond donors (Lipinski definition) is 2. The summed E-state index contributed by atoms with van der Waals surface area (Å²) < 4.78 is 66.2. The maximum absolute atomic E-state index is 14.2. The van der Waals surface area contributed by atoms with E-state index in [0.29, 0.717) is 25.8 Å². The van der Waals surface area contributed by atoms with Gasteiger partial charge in [-0.1, -0.05) is 6.92 Å². The molecule has 0 saturated carbocycles. The number of nitrogens with two attached hydrogens (primary N) is 1. The minimum atomic E-state index is -3.86. The van der Waals surface area contributed by atoms with Gasteiger partial charge in [0.05, 0.1) is 16.3 Å². The lowest BCUT2D eigenvalue weighted by Crippen LogP contribution is -2.39. The van der Waals surface area contributed by atoms with Crippen LogP contribution in [0.15, 0.2) is 23.1 Å². The first-order valence-electron chi connectivity index (χ1n) is 7.73. The minimum Gasteiger partial charge on any atom is -0.329 e. The quantitative estimate of drug-likeness (QED) is 0.737. The van der Waals surface area contributed by atoms with E-state index in [4.69, 9.17) is 5.73 Å². The molecule has 0 radical (unpaired) electrons. The number of sulfonamides is 2. The Morgan fingerprint density at radius 2 is 2.04 bits per heavy atom. The fraction of sp³-hybridized carbons (Fsp3) is 0.571. The van der Waals surface area contributed by atoms with Crippen molar-refractivity contribution in [2.75, 3.05) is 23.6 Å². The second-order valence-electron chi connectivity index (χ2n) is 5.71. The summed E-state index contributed by atoms with van der Waals surface area (Å²) in [5.74, 6) is -1.07. The third-order valence-corrected chi connectivity index (χ3v) is 7.31. The molecule has 1 heterocycles. The number of nitrogens with one attached hydrogen (secondary N) is 1. The molecule has 1 aromatic carbocycles. The van der Waals surface area contributed by atoms with Crippen molar-refractivity contribution in [1.82, 2.24) is 4.31 Å². The van der Waals surface area contributed by atoms with Crippen LogP contribution in [0.4, 0.5) is 10.1 Å². The SMILES string of the molecule is CCCS(=O)(=O)Nc1ccc(S(=O)(=O)N2CCCC2CN)cc1F. The van der Waals surface area contributed by atoms with Crippen molar-refractivity contribution in [2.24, 2.45) is 5.73 Å². The Hall–Kier alpha value is -1.23. The van der Waals surface area contributed by atoms with Gasteiger partial charge < -0.3 is 5.73 Å². The van der Waals surface area contributed by atoms with Gasteiger partial charge in [-0.3, -0.25) is 4.72 Å². The highest BCUT2D eigenvalue weighted by atomic mass is 32.2. The Labute approximate surface area is 142 Å². The lowest BCUT2D eigenvalue weighted by atomic mass is 10.2. The van der Waals surface area contributed by atoms with Gasteiger partial charge in [0.15, 0.2) is 0 Å². The molecular weight excluding hydrogens is 357 g/mol. The van der Waals surface area contributed by atoms with Crippen molar-refractivity contribution < 1.29 is 21.2 Å². The molecular formula is C14H22FN3O4S2. The van der Waals surface area contributed by atoms with Crippen LogP contribution in [0.2, 0.25) is 0 Å². The first kappa shape index (κ1) is 19.1. The van der Waals surface area contributed by atoms with E-state index in [2.05, 4.69) is 4.72 Å². The second-order valence-corrected chi connectivity index (χ2v) is 9.44. The molecule has 3 N–H and O–H groups in total. The van der Waals surface area contributed by atoms with Crippen molar-refractivity contribution >= 4 is 25.7 Å². The van der Waals surface area contributed by atoms with Crippen LogP contribution in [0.25, 0.3) is 0 Å². The zero-order chi connectivity index (χ0) is 18.0. The topological polar surface area (TPSA) is 110 Å². The normalized spacial score (nSPS) is 19.5. The number of nitrogens with zero attached hydrogens (tertiary/aromatic N) is 1. The maximum Gasteiger partial charge on any atom is 0.243 e. The van der Waals surface area contributed by atoms with Crippen molar-refractivity contribution in [1.29, 1.82) is 0 Å². The molecule has 2 rings (SSSR count). The van der Waals surface area contributed by atoms with E-state index in [1.807, 2.05) is 0 Å². The number of hydrogen-bond acceptors (Lipinski definition) is 5. The standard InChI is InChI=1S/C14H22FN3O4S2/c1-2-8-23(19,20)17-14-6-5-12(9-13(14)15)24(21,22)18-7-3-4-11(18)10-16/h5-6,9,11,17H,2-4,7-8,10,16H2,1H3. The van der Waals surface area contributed by atoms with Gasteiger partial charge in [-0.15, -0.1) is 0 Å². The summed E-state index contributed by atoms with van der Waals surface area (Å²) in [7, 11) is -7.51. The highest BCUT2D eigenvalue weighted by Gasteiger charge is 2.34. The smallest absolute Gasteiger partial charge is 0.243 e. The highest BCUT2D eigenvalue weighted by molar-refractivity contribution is 7.92. The average Bonchev–Trinajstić information content (AvgIpc) is 2.98. The number of halogens is 1. The van der Waals surface area contributed by atoms with Crippen LogP contribution in [0, 0.1) is 5.82 Å². The zero-order valence-electron chi connectivity index (χ0n) is 13.4. The summed E-state index contributed by atoms with van der Waals surface area (Å²) >= 11 is 0. The maximum atomic E-state index is 14.2. The van der Waals surface area contributed by atoms with Crippen LogP contribution < -0.4 is 10.5 Å². The van der Waals surface area contributed by atoms with Gasteiger partial charge in [0.1, 0.15) is 5.82 Å². The molecule has 7 nitrogen and oxygen atoms in total. The van der Waals surface area contributed by atoms with Crippen LogP contribution in [-0.2, 0) is 20.0 Å². The van der Waals surface area contributed by atoms with E-state index in [1.54, 1.807) is 6.92 Å². The van der Waals surface area contributed by atoms with E-state index >= 15 is 0 Å². The molecule has 1 aromatic rings. The number of benzene rings is 1. The molecule has 1 aliphatic heterocycles. The molecule has 0 amide bonds. The predicted octanol–water partition coefficient (Wildman–Crippen LogP) is 1.09. The van der Waals surface area contributed by atoms with E-state index in [-0.39, 0.29) is 28.9 Å². The highest BCUT2D eigenvalue weighted by Crippen LogP contribution is 2.28. The molecule has 0 aliphatic carbocycles. The van der Waals surface area contributed by atoms with Gasteiger partial charge in [0, 0.05) is 19.1 Å². The van der Waals surface area contributed by atoms with Crippen molar-refractivity contribution in [2.45, 2.75) is 37.1 Å². The van der Waals surface area contributed by atoms with Gasteiger partial charge in [0.2, 0.25) is 20.0 Å². The number of anilines is 1. The fourth-order valence-electron chi connectivity index (χ4n) is 2.72. The Morgan fingerprint density at radius 1 is 1.33 bits per heavy atom. The first-order chi connectivity index (χ1) is 11.2. The Morgan fingerprint density at radius 3 is 2.62 bits per heavy atom. The van der Waals surface area contributed by atoms with Crippen molar-refractivity contribution in [3.05, 3.63) is 24.0 Å². The summed E-state index contributed by atoms with van der Waals surface area (Å²) in [6, 6.07) is 2.88. The fourth-order valence-corrected chi connectivity index (χ4v) is 5.58.